The molecule has 12 heavy (non-hydrogen) atoms. The number of hydrogen-bond donors (Lipinski definition) is 0. The van der Waals surface area contributed by atoms with Crippen LogP contribution in [0.5, 0.6) is 0 Å². The number of rotatable bonds is 0. The summed E-state index contributed by atoms with van der Waals surface area (Å²) >= 11 is 0. The number of hydrogen-bond acceptors (Lipinski definition) is 10. The predicted molar refractivity (Wildman–Crippen MR) is 0 cm³/mol. The van der Waals surface area contributed by atoms with E-state index >= 15 is 0 Å². The molecular weight excluding hydrogens is 346 g/mol. The first-order chi connectivity index (χ1) is 5.00. The molecule has 0 radical (unpaired) electrons. The molecule has 0 bridgehead atoms. The molecule has 0 spiro atoms. The van der Waals surface area contributed by atoms with Crippen molar-refractivity contribution in [1.82, 2.24) is 0 Å². The van der Waals surface area contributed by atoms with Gasteiger partial charge in [-0.3, -0.25) is 0 Å². The molecule has 0 aromatic carbocycles. The van der Waals surface area contributed by atoms with Crippen LogP contribution in [0, 0.1) is 0 Å². The molecule has 0 atom stereocenters. The Balaban J connectivity index is -0.00000000500. The fourth-order valence-electron chi connectivity index (χ4n) is 0. The topological polar surface area (TPSA) is 231 Å². The summed E-state index contributed by atoms with van der Waals surface area (Å²) in [6.45, 7) is 0. The van der Waals surface area contributed by atoms with Gasteiger partial charge in [-0.2, -0.15) is 0 Å². The van der Waals surface area contributed by atoms with Crippen molar-refractivity contribution in [3.63, 3.8) is 0 Å². The van der Waals surface area contributed by atoms with Gasteiger partial charge in [-0.25, -0.2) is 0 Å². The maximum atomic E-state index is 7.00. The second kappa shape index (κ2) is 1270. The largest absolute Gasteiger partial charge is 5.00 e. The second-order valence-corrected chi connectivity index (χ2v) is 0. The van der Waals surface area contributed by atoms with Crippen molar-refractivity contribution in [2.45, 2.75) is 0 Å². The van der Waals surface area contributed by atoms with Gasteiger partial charge in [-0.05, 0) is 0 Å². The summed E-state index contributed by atoms with van der Waals surface area (Å²) in [5.74, 6) is 0. The molecule has 0 N–H and O–H groups in total. The molecule has 10 nitrogen and oxygen atoms in total. The molecule has 12 heteroatoms. The molecule has 0 fully saturated rings. The van der Waals surface area contributed by atoms with Crippen molar-refractivity contribution >= 4 is 0 Å². The third-order valence-corrected chi connectivity index (χ3v) is 0. The van der Waals surface area contributed by atoms with Crippen LogP contribution in [0.3, 0.4) is 0 Å². The first-order valence-corrected chi connectivity index (χ1v) is 0.833. The van der Waals surface area contributed by atoms with Crippen molar-refractivity contribution in [3.05, 3.63) is 0 Å². The van der Waals surface area contributed by atoms with E-state index in [-0.39, 0.29) is 44.8 Å². The molecule has 0 heterocycles. The molecule has 0 saturated carbocycles. The van der Waals surface area contributed by atoms with Gasteiger partial charge in [-0.15, -0.1) is 0 Å². The summed E-state index contributed by atoms with van der Waals surface area (Å²) in [5.41, 5.74) is 0. The van der Waals surface area contributed by atoms with Gasteiger partial charge in [0.05, 0.1) is 0 Å². The molecular formula is Nb2O10. The summed E-state index contributed by atoms with van der Waals surface area (Å²) in [7, 11) is 0. The van der Waals surface area contributed by atoms with E-state index in [1.54, 1.807) is 0 Å². The SMILES string of the molecule is [Nb+5].[Nb+5].[O-][O-].[O-][O-].[O-][O-].[O-][O-].[O-][O-]. The molecule has 0 saturated heterocycles. The summed E-state index contributed by atoms with van der Waals surface area (Å²) < 4.78 is 0. The summed E-state index contributed by atoms with van der Waals surface area (Å²) in [6, 6.07) is 0. The molecule has 0 rings (SSSR count). The van der Waals surface area contributed by atoms with Gasteiger partial charge in [0.2, 0.25) is 0 Å². The summed E-state index contributed by atoms with van der Waals surface area (Å²) in [5, 5.41) is 70.0. The zero-order valence-corrected chi connectivity index (χ0v) is 9.37. The average Bonchev–Trinajstić information content (AvgIpc) is 2.20. The van der Waals surface area contributed by atoms with Crippen LogP contribution in [-0.4, -0.2) is 0 Å². The predicted octanol–water partition coefficient (Wildman–Crippen LogP) is -11.9. The fourth-order valence-corrected chi connectivity index (χ4v) is 0. The van der Waals surface area contributed by atoms with E-state index in [4.69, 9.17) is 52.6 Å². The van der Waals surface area contributed by atoms with E-state index in [1.807, 2.05) is 0 Å². The van der Waals surface area contributed by atoms with E-state index in [9.17, 15) is 0 Å². The van der Waals surface area contributed by atoms with Crippen LogP contribution in [0.25, 0.3) is 0 Å². The Morgan fingerprint density at radius 3 is 0.250 bits per heavy atom. The van der Waals surface area contributed by atoms with Crippen molar-refractivity contribution in [2.24, 2.45) is 0 Å². The van der Waals surface area contributed by atoms with Crippen LogP contribution >= 0.6 is 0 Å². The first-order valence-electron chi connectivity index (χ1n) is 0.833. The smallest absolute Gasteiger partial charge is 1.00 e. The molecule has 70 valence electrons. The van der Waals surface area contributed by atoms with Crippen LogP contribution in [0.4, 0.5) is 0 Å². The summed E-state index contributed by atoms with van der Waals surface area (Å²) in [6.07, 6.45) is 0. The van der Waals surface area contributed by atoms with Crippen LogP contribution < -0.4 is 52.6 Å². The molecule has 0 aromatic heterocycles. The van der Waals surface area contributed by atoms with E-state index in [0.29, 0.717) is 0 Å². The van der Waals surface area contributed by atoms with Gasteiger partial charge >= 0.3 is 44.8 Å². The zero-order valence-electron chi connectivity index (χ0n) is 4.98. The molecule has 0 amide bonds. The van der Waals surface area contributed by atoms with Crippen molar-refractivity contribution in [2.75, 3.05) is 0 Å². The Morgan fingerprint density at radius 1 is 0.250 bits per heavy atom. The second-order valence-electron chi connectivity index (χ2n) is 0. The zero-order chi connectivity index (χ0) is 10.0. The minimum atomic E-state index is 0. The molecule has 0 aliphatic carbocycles. The minimum absolute atomic E-state index is 0. The van der Waals surface area contributed by atoms with Gasteiger partial charge in [0, 0.05) is 0 Å². The fraction of sp³-hybridized carbons (Fsp3) is 0. The average molecular weight is 346 g/mol. The van der Waals surface area contributed by atoms with Crippen LogP contribution in [0.1, 0.15) is 0 Å². The molecule has 0 aliphatic rings. The summed E-state index contributed by atoms with van der Waals surface area (Å²) in [4.78, 5) is 0. The van der Waals surface area contributed by atoms with E-state index in [1.165, 1.54) is 0 Å². The Labute approximate surface area is 97.3 Å². The quantitative estimate of drug-likeness (QED) is 0.228. The maximum absolute atomic E-state index is 7.00. The van der Waals surface area contributed by atoms with Gasteiger partial charge in [-0.1, -0.05) is 0 Å². The Hall–Kier alpha value is 1.08. The van der Waals surface area contributed by atoms with Gasteiger partial charge < -0.3 is 52.6 Å². The van der Waals surface area contributed by atoms with Crippen molar-refractivity contribution in [1.29, 1.82) is 0 Å². The third-order valence-electron chi connectivity index (χ3n) is 0. The maximum Gasteiger partial charge on any atom is 5.00 e. The normalized spacial score (nSPS) is 2.50. The molecule has 0 aliphatic heterocycles. The van der Waals surface area contributed by atoms with E-state index < -0.39 is 0 Å². The third kappa shape index (κ3) is 964. The molecule has 0 aromatic rings. The van der Waals surface area contributed by atoms with Crippen molar-refractivity contribution in [3.8, 4) is 0 Å². The van der Waals surface area contributed by atoms with Crippen LogP contribution in [-0.2, 0) is 44.8 Å². The standard InChI is InChI=1S/2Nb.5O2/c;;5*1-2/q2*+5;5*-2. The van der Waals surface area contributed by atoms with E-state index in [0.717, 1.165) is 0 Å². The monoisotopic (exact) mass is 346 g/mol. The van der Waals surface area contributed by atoms with E-state index in [2.05, 4.69) is 0 Å². The molecule has 0 unspecified atom stereocenters. The Morgan fingerprint density at radius 2 is 0.250 bits per heavy atom. The van der Waals surface area contributed by atoms with Crippen LogP contribution in [0.2, 0.25) is 0 Å². The minimum Gasteiger partial charge on any atom is -1.00 e. The first kappa shape index (κ1) is 51.6. The van der Waals surface area contributed by atoms with Gasteiger partial charge in [0.25, 0.3) is 0 Å². The Bertz CT molecular complexity index is 7.80. The Kier molecular flexibility index (Phi) is 5470. The van der Waals surface area contributed by atoms with Gasteiger partial charge in [0.1, 0.15) is 0 Å². The van der Waals surface area contributed by atoms with Crippen LogP contribution in [0.15, 0.2) is 0 Å². The van der Waals surface area contributed by atoms with Crippen molar-refractivity contribution < 1.29 is 97.3 Å². The van der Waals surface area contributed by atoms with Gasteiger partial charge in [0.15, 0.2) is 0 Å².